The molecule has 1 unspecified atom stereocenters. The van der Waals surface area contributed by atoms with Gasteiger partial charge >= 0.3 is 0 Å². The second kappa shape index (κ2) is 5.33. The lowest BCUT2D eigenvalue weighted by Gasteiger charge is -2.13. The summed E-state index contributed by atoms with van der Waals surface area (Å²) in [7, 11) is 0. The number of benzene rings is 2. The van der Waals surface area contributed by atoms with Gasteiger partial charge in [-0.05, 0) is 12.1 Å². The van der Waals surface area contributed by atoms with Crippen molar-refractivity contribution in [1.82, 2.24) is 0 Å². The van der Waals surface area contributed by atoms with Crippen molar-refractivity contribution in [1.29, 1.82) is 0 Å². The molecule has 5 heteroatoms. The smallest absolute Gasteiger partial charge is 0.146 e. The molecule has 0 spiro atoms. The van der Waals surface area contributed by atoms with E-state index in [2.05, 4.69) is 15.9 Å². The van der Waals surface area contributed by atoms with Crippen molar-refractivity contribution in [3.63, 3.8) is 0 Å². The minimum Gasteiger partial charge on any atom is -0.207 e. The molecular formula is C13H7BrClF3. The van der Waals surface area contributed by atoms with Crippen molar-refractivity contribution in [3.8, 4) is 0 Å². The Hall–Kier alpha value is -1.00. The van der Waals surface area contributed by atoms with Gasteiger partial charge in [-0.2, -0.15) is 0 Å². The highest BCUT2D eigenvalue weighted by Gasteiger charge is 2.19. The summed E-state index contributed by atoms with van der Waals surface area (Å²) in [5, 5.41) is -0.0422. The molecule has 0 heterocycles. The third kappa shape index (κ3) is 2.54. The number of halogens is 5. The van der Waals surface area contributed by atoms with E-state index in [4.69, 9.17) is 11.6 Å². The van der Waals surface area contributed by atoms with Gasteiger partial charge in [-0.1, -0.05) is 45.7 Å². The zero-order valence-corrected chi connectivity index (χ0v) is 11.3. The predicted octanol–water partition coefficient (Wildman–Crippen LogP) is 5.24. The van der Waals surface area contributed by atoms with E-state index < -0.39 is 22.3 Å². The summed E-state index contributed by atoms with van der Waals surface area (Å²) in [6.45, 7) is 0. The molecule has 0 aromatic heterocycles. The van der Waals surface area contributed by atoms with Crippen LogP contribution in [0.4, 0.5) is 13.2 Å². The van der Waals surface area contributed by atoms with E-state index in [1.807, 2.05) is 0 Å². The molecule has 2 aromatic carbocycles. The van der Waals surface area contributed by atoms with Crippen LogP contribution in [0.2, 0.25) is 5.02 Å². The molecular weight excluding hydrogens is 328 g/mol. The van der Waals surface area contributed by atoms with Gasteiger partial charge in [-0.25, -0.2) is 13.2 Å². The standard InChI is InChI=1S/C13H7BrClF3/c14-12(8-5-4-7(16)6-11(8)17)9-2-1-3-10(15)13(9)18/h1-6,12H. The van der Waals surface area contributed by atoms with Gasteiger partial charge in [-0.3, -0.25) is 0 Å². The van der Waals surface area contributed by atoms with Gasteiger partial charge in [0.1, 0.15) is 17.5 Å². The van der Waals surface area contributed by atoms with Crippen LogP contribution in [0.25, 0.3) is 0 Å². The Balaban J connectivity index is 2.48. The van der Waals surface area contributed by atoms with Crippen LogP contribution in [-0.2, 0) is 0 Å². The Morgan fingerprint density at radius 1 is 1.00 bits per heavy atom. The second-order valence-corrected chi connectivity index (χ2v) is 4.99. The quantitative estimate of drug-likeness (QED) is 0.658. The first-order valence-electron chi connectivity index (χ1n) is 5.03. The summed E-state index contributed by atoms with van der Waals surface area (Å²) in [5.74, 6) is -2.04. The minimum atomic E-state index is -0.740. The van der Waals surface area contributed by atoms with Crippen molar-refractivity contribution in [3.05, 3.63) is 70.0 Å². The highest BCUT2D eigenvalue weighted by atomic mass is 79.9. The lowest BCUT2D eigenvalue weighted by molar-refractivity contribution is 0.571. The fraction of sp³-hybridized carbons (Fsp3) is 0.0769. The molecule has 0 fully saturated rings. The van der Waals surface area contributed by atoms with Crippen LogP contribution >= 0.6 is 27.5 Å². The summed E-state index contributed by atoms with van der Waals surface area (Å²) in [5.41, 5.74) is 0.352. The third-order valence-corrected chi connectivity index (χ3v) is 3.77. The fourth-order valence-corrected chi connectivity index (χ4v) is 2.50. The Morgan fingerprint density at radius 2 is 1.72 bits per heavy atom. The van der Waals surface area contributed by atoms with Crippen LogP contribution < -0.4 is 0 Å². The van der Waals surface area contributed by atoms with Gasteiger partial charge in [0.05, 0.1) is 9.85 Å². The monoisotopic (exact) mass is 334 g/mol. The van der Waals surface area contributed by atoms with Gasteiger partial charge in [0, 0.05) is 17.2 Å². The van der Waals surface area contributed by atoms with Gasteiger partial charge in [0.2, 0.25) is 0 Å². The molecule has 0 radical (unpaired) electrons. The largest absolute Gasteiger partial charge is 0.207 e. The molecule has 0 aliphatic carbocycles. The average Bonchev–Trinajstić information content (AvgIpc) is 2.32. The van der Waals surface area contributed by atoms with E-state index in [-0.39, 0.29) is 16.1 Å². The molecule has 94 valence electrons. The molecule has 2 aromatic rings. The second-order valence-electron chi connectivity index (χ2n) is 3.67. The minimum absolute atomic E-state index is 0.0422. The normalized spacial score (nSPS) is 12.5. The first-order chi connectivity index (χ1) is 8.50. The molecule has 0 saturated heterocycles. The van der Waals surface area contributed by atoms with Gasteiger partial charge in [0.25, 0.3) is 0 Å². The fourth-order valence-electron chi connectivity index (χ4n) is 1.59. The Labute approximate surface area is 116 Å². The van der Waals surface area contributed by atoms with Crippen LogP contribution in [0.5, 0.6) is 0 Å². The van der Waals surface area contributed by atoms with Crippen LogP contribution in [0.1, 0.15) is 16.0 Å². The Kier molecular flexibility index (Phi) is 3.97. The van der Waals surface area contributed by atoms with Crippen LogP contribution in [0.15, 0.2) is 36.4 Å². The van der Waals surface area contributed by atoms with E-state index in [0.29, 0.717) is 0 Å². The number of hydrogen-bond acceptors (Lipinski definition) is 0. The van der Waals surface area contributed by atoms with Crippen molar-refractivity contribution < 1.29 is 13.2 Å². The first kappa shape index (κ1) is 13.4. The predicted molar refractivity (Wildman–Crippen MR) is 68.5 cm³/mol. The van der Waals surface area contributed by atoms with E-state index in [1.165, 1.54) is 18.2 Å². The molecule has 18 heavy (non-hydrogen) atoms. The van der Waals surface area contributed by atoms with Crippen LogP contribution in [-0.4, -0.2) is 0 Å². The van der Waals surface area contributed by atoms with Crippen LogP contribution in [0.3, 0.4) is 0 Å². The Bertz CT molecular complexity index is 586. The maximum atomic E-state index is 13.8. The van der Waals surface area contributed by atoms with E-state index in [9.17, 15) is 13.2 Å². The van der Waals surface area contributed by atoms with E-state index in [1.54, 1.807) is 6.07 Å². The highest BCUT2D eigenvalue weighted by molar-refractivity contribution is 9.09. The first-order valence-corrected chi connectivity index (χ1v) is 6.33. The zero-order valence-electron chi connectivity index (χ0n) is 8.93. The summed E-state index contributed by atoms with van der Waals surface area (Å²) < 4.78 is 40.2. The van der Waals surface area contributed by atoms with Crippen molar-refractivity contribution in [2.45, 2.75) is 4.83 Å². The number of alkyl halides is 1. The van der Waals surface area contributed by atoms with E-state index >= 15 is 0 Å². The zero-order chi connectivity index (χ0) is 13.3. The van der Waals surface area contributed by atoms with Gasteiger partial charge in [-0.15, -0.1) is 0 Å². The maximum Gasteiger partial charge on any atom is 0.146 e. The average molecular weight is 336 g/mol. The SMILES string of the molecule is Fc1ccc(C(Br)c2cccc(Cl)c2F)c(F)c1. The molecule has 2 rings (SSSR count). The van der Waals surface area contributed by atoms with E-state index in [0.717, 1.165) is 12.1 Å². The molecule has 0 N–H and O–H groups in total. The lowest BCUT2D eigenvalue weighted by Crippen LogP contribution is -2.00. The molecule has 0 amide bonds. The van der Waals surface area contributed by atoms with Crippen molar-refractivity contribution in [2.75, 3.05) is 0 Å². The van der Waals surface area contributed by atoms with Crippen molar-refractivity contribution >= 4 is 27.5 Å². The molecule has 1 atom stereocenters. The summed E-state index contributed by atoms with van der Waals surface area (Å²) >= 11 is 8.85. The van der Waals surface area contributed by atoms with Crippen LogP contribution in [0, 0.1) is 17.5 Å². The molecule has 0 bridgehead atoms. The molecule has 0 nitrogen and oxygen atoms in total. The Morgan fingerprint density at radius 3 is 2.39 bits per heavy atom. The van der Waals surface area contributed by atoms with Gasteiger partial charge in [0.15, 0.2) is 0 Å². The topological polar surface area (TPSA) is 0 Å². The lowest BCUT2D eigenvalue weighted by atomic mass is 10.0. The highest BCUT2D eigenvalue weighted by Crippen LogP contribution is 2.35. The number of rotatable bonds is 2. The molecule has 0 saturated carbocycles. The van der Waals surface area contributed by atoms with Gasteiger partial charge < -0.3 is 0 Å². The summed E-state index contributed by atoms with van der Waals surface area (Å²) in [6.07, 6.45) is 0. The van der Waals surface area contributed by atoms with Crippen molar-refractivity contribution in [2.24, 2.45) is 0 Å². The third-order valence-electron chi connectivity index (χ3n) is 2.49. The summed E-state index contributed by atoms with van der Waals surface area (Å²) in [6, 6.07) is 7.60. The molecule has 0 aliphatic heterocycles. The number of hydrogen-bond donors (Lipinski definition) is 0. The maximum absolute atomic E-state index is 13.8. The summed E-state index contributed by atoms with van der Waals surface area (Å²) in [4.78, 5) is -0.725. The molecule has 0 aliphatic rings.